The highest BCUT2D eigenvalue weighted by Crippen LogP contribution is 2.25. The molecule has 7 nitrogen and oxygen atoms in total. The van der Waals surface area contributed by atoms with Gasteiger partial charge in [0.25, 0.3) is 5.91 Å². The van der Waals surface area contributed by atoms with Gasteiger partial charge in [-0.05, 0) is 48.4 Å². The van der Waals surface area contributed by atoms with Gasteiger partial charge >= 0.3 is 6.61 Å². The highest BCUT2D eigenvalue weighted by Gasteiger charge is 2.25. The Hall–Kier alpha value is -3.36. The van der Waals surface area contributed by atoms with E-state index in [2.05, 4.69) is 4.74 Å². The lowest BCUT2D eigenvalue weighted by atomic mass is 10.1. The predicted octanol–water partition coefficient (Wildman–Crippen LogP) is 3.22. The van der Waals surface area contributed by atoms with Crippen LogP contribution < -0.4 is 14.2 Å². The molecule has 0 N–H and O–H groups in total. The number of nitrogens with zero attached hydrogens (tertiary/aromatic N) is 2. The molecular formula is C23H26F2N2O5. The first-order chi connectivity index (χ1) is 15.4. The number of halogens is 2. The summed E-state index contributed by atoms with van der Waals surface area (Å²) in [5.74, 6) is 1.05. The lowest BCUT2D eigenvalue weighted by molar-refractivity contribution is -0.132. The highest BCUT2D eigenvalue weighted by molar-refractivity contribution is 5.94. The van der Waals surface area contributed by atoms with Crippen LogP contribution >= 0.6 is 0 Å². The van der Waals surface area contributed by atoms with Gasteiger partial charge in [-0.2, -0.15) is 8.78 Å². The van der Waals surface area contributed by atoms with Crippen LogP contribution in [-0.2, 0) is 11.2 Å². The number of ether oxygens (including phenoxy) is 3. The molecule has 1 aliphatic heterocycles. The van der Waals surface area contributed by atoms with Crippen molar-refractivity contribution in [1.82, 2.24) is 9.80 Å². The van der Waals surface area contributed by atoms with Gasteiger partial charge in [0.2, 0.25) is 5.91 Å². The third-order valence-electron chi connectivity index (χ3n) is 5.32. The lowest BCUT2D eigenvalue weighted by Gasteiger charge is -2.35. The first-order valence-corrected chi connectivity index (χ1v) is 10.2. The number of piperazine rings is 1. The van der Waals surface area contributed by atoms with E-state index >= 15 is 0 Å². The number of aryl methyl sites for hydroxylation is 1. The number of alkyl halides is 2. The van der Waals surface area contributed by atoms with Gasteiger partial charge in [-0.1, -0.05) is 6.07 Å². The summed E-state index contributed by atoms with van der Waals surface area (Å²) in [5, 5.41) is 0. The Morgan fingerprint density at radius 3 is 2.31 bits per heavy atom. The van der Waals surface area contributed by atoms with Crippen molar-refractivity contribution in [2.75, 3.05) is 40.4 Å². The second-order valence-corrected chi connectivity index (χ2v) is 7.26. The Bertz CT molecular complexity index is 946. The number of hydrogen-bond donors (Lipinski definition) is 0. The molecule has 0 unspecified atom stereocenters. The van der Waals surface area contributed by atoms with E-state index in [4.69, 9.17) is 9.47 Å². The van der Waals surface area contributed by atoms with Gasteiger partial charge in [0, 0.05) is 38.2 Å². The fourth-order valence-corrected chi connectivity index (χ4v) is 3.62. The second kappa shape index (κ2) is 10.8. The molecule has 2 aromatic rings. The summed E-state index contributed by atoms with van der Waals surface area (Å²) in [6.07, 6.45) is 0.819. The maximum atomic E-state index is 12.7. The number of hydrogen-bond acceptors (Lipinski definition) is 5. The molecule has 32 heavy (non-hydrogen) atoms. The summed E-state index contributed by atoms with van der Waals surface area (Å²) in [6.45, 7) is -1.40. The highest BCUT2D eigenvalue weighted by atomic mass is 19.3. The Labute approximate surface area is 185 Å². The zero-order valence-electron chi connectivity index (χ0n) is 18.1. The van der Waals surface area contributed by atoms with Gasteiger partial charge in [0.05, 0.1) is 14.2 Å². The molecule has 1 aliphatic rings. The standard InChI is InChI=1S/C23H26F2N2O5/c1-30-18-7-8-20(31-2)16(14-18)6-9-21(28)26-10-12-27(13-11-26)22(29)17-4-3-5-19(15-17)32-23(24)25/h3-5,7-8,14-15,23H,6,9-13H2,1-2H3. The SMILES string of the molecule is COc1ccc(OC)c(CCC(=O)N2CCN(C(=O)c3cccc(OC(F)F)c3)CC2)c1. The van der Waals surface area contributed by atoms with Gasteiger partial charge in [0.1, 0.15) is 17.2 Å². The maximum Gasteiger partial charge on any atom is 0.387 e. The van der Waals surface area contributed by atoms with Crippen LogP contribution in [0.25, 0.3) is 0 Å². The molecule has 0 aromatic heterocycles. The van der Waals surface area contributed by atoms with E-state index in [-0.39, 0.29) is 23.1 Å². The van der Waals surface area contributed by atoms with Crippen molar-refractivity contribution in [3.8, 4) is 17.2 Å². The summed E-state index contributed by atoms with van der Waals surface area (Å²) < 4.78 is 39.8. The smallest absolute Gasteiger partial charge is 0.387 e. The van der Waals surface area contributed by atoms with Crippen LogP contribution in [0.1, 0.15) is 22.3 Å². The molecular weight excluding hydrogens is 422 g/mol. The predicted molar refractivity (Wildman–Crippen MR) is 113 cm³/mol. The van der Waals surface area contributed by atoms with Crippen molar-refractivity contribution >= 4 is 11.8 Å². The average Bonchev–Trinajstić information content (AvgIpc) is 2.81. The van der Waals surface area contributed by atoms with E-state index in [0.29, 0.717) is 50.5 Å². The number of carbonyl (C=O) groups excluding carboxylic acids is 2. The number of carbonyl (C=O) groups is 2. The normalized spacial score (nSPS) is 13.8. The number of amides is 2. The van der Waals surface area contributed by atoms with Gasteiger partial charge in [-0.3, -0.25) is 9.59 Å². The van der Waals surface area contributed by atoms with Crippen LogP contribution in [0.15, 0.2) is 42.5 Å². The topological polar surface area (TPSA) is 68.3 Å². The van der Waals surface area contributed by atoms with Crippen LogP contribution in [0.4, 0.5) is 8.78 Å². The quantitative estimate of drug-likeness (QED) is 0.620. The van der Waals surface area contributed by atoms with E-state index < -0.39 is 6.61 Å². The van der Waals surface area contributed by atoms with Gasteiger partial charge in [-0.15, -0.1) is 0 Å². The molecule has 1 heterocycles. The zero-order chi connectivity index (χ0) is 23.1. The van der Waals surface area contributed by atoms with Gasteiger partial charge in [-0.25, -0.2) is 0 Å². The Balaban J connectivity index is 1.53. The van der Waals surface area contributed by atoms with Crippen molar-refractivity contribution in [1.29, 1.82) is 0 Å². The molecule has 0 saturated carbocycles. The number of methoxy groups -OCH3 is 2. The summed E-state index contributed by atoms with van der Waals surface area (Å²) in [6, 6.07) is 11.2. The number of rotatable bonds is 8. The monoisotopic (exact) mass is 448 g/mol. The van der Waals surface area contributed by atoms with Crippen molar-refractivity contribution in [2.45, 2.75) is 19.5 Å². The molecule has 172 valence electrons. The molecule has 1 saturated heterocycles. The summed E-state index contributed by atoms with van der Waals surface area (Å²) in [4.78, 5) is 28.7. The summed E-state index contributed by atoms with van der Waals surface area (Å²) in [7, 11) is 3.16. The fourth-order valence-electron chi connectivity index (χ4n) is 3.62. The summed E-state index contributed by atoms with van der Waals surface area (Å²) >= 11 is 0. The van der Waals surface area contributed by atoms with Crippen LogP contribution in [0.5, 0.6) is 17.2 Å². The van der Waals surface area contributed by atoms with Crippen molar-refractivity contribution in [3.05, 3.63) is 53.6 Å². The Morgan fingerprint density at radius 2 is 1.66 bits per heavy atom. The molecule has 9 heteroatoms. The molecule has 0 bridgehead atoms. The van der Waals surface area contributed by atoms with Crippen LogP contribution in [0, 0.1) is 0 Å². The summed E-state index contributed by atoms with van der Waals surface area (Å²) in [5.41, 5.74) is 1.16. The van der Waals surface area contributed by atoms with E-state index in [1.807, 2.05) is 12.1 Å². The first kappa shape index (κ1) is 23.3. The van der Waals surface area contributed by atoms with Gasteiger partial charge in [0.15, 0.2) is 0 Å². The van der Waals surface area contributed by atoms with Crippen LogP contribution in [-0.4, -0.2) is 68.6 Å². The minimum atomic E-state index is -2.95. The van der Waals surface area contributed by atoms with E-state index in [0.717, 1.165) is 5.56 Å². The largest absolute Gasteiger partial charge is 0.497 e. The van der Waals surface area contributed by atoms with Crippen molar-refractivity contribution < 1.29 is 32.6 Å². The van der Waals surface area contributed by atoms with E-state index in [1.54, 1.807) is 36.2 Å². The second-order valence-electron chi connectivity index (χ2n) is 7.26. The molecule has 0 aliphatic carbocycles. The Kier molecular flexibility index (Phi) is 7.86. The van der Waals surface area contributed by atoms with E-state index in [9.17, 15) is 18.4 Å². The van der Waals surface area contributed by atoms with E-state index in [1.165, 1.54) is 18.2 Å². The maximum absolute atomic E-state index is 12.7. The van der Waals surface area contributed by atoms with Gasteiger partial charge < -0.3 is 24.0 Å². The van der Waals surface area contributed by atoms with Crippen molar-refractivity contribution in [3.63, 3.8) is 0 Å². The third kappa shape index (κ3) is 5.87. The zero-order valence-corrected chi connectivity index (χ0v) is 18.1. The lowest BCUT2D eigenvalue weighted by Crippen LogP contribution is -2.50. The fraction of sp³-hybridized carbons (Fsp3) is 0.391. The first-order valence-electron chi connectivity index (χ1n) is 10.2. The third-order valence-corrected chi connectivity index (χ3v) is 5.32. The molecule has 0 spiro atoms. The minimum absolute atomic E-state index is 0.00528. The number of benzene rings is 2. The molecule has 1 fully saturated rings. The Morgan fingerprint density at radius 1 is 0.938 bits per heavy atom. The molecule has 2 amide bonds. The molecule has 0 atom stereocenters. The van der Waals surface area contributed by atoms with Crippen molar-refractivity contribution in [2.24, 2.45) is 0 Å². The average molecular weight is 448 g/mol. The molecule has 3 rings (SSSR count). The molecule has 2 aromatic carbocycles. The van der Waals surface area contributed by atoms with Crippen LogP contribution in [0.2, 0.25) is 0 Å². The minimum Gasteiger partial charge on any atom is -0.497 e. The molecule has 0 radical (unpaired) electrons. The van der Waals surface area contributed by atoms with Crippen LogP contribution in [0.3, 0.4) is 0 Å².